The highest BCUT2D eigenvalue weighted by atomic mass is 79.9. The van der Waals surface area contributed by atoms with Gasteiger partial charge in [0.15, 0.2) is 0 Å². The van der Waals surface area contributed by atoms with Crippen molar-refractivity contribution >= 4 is 21.9 Å². The number of halogens is 4. The van der Waals surface area contributed by atoms with Crippen molar-refractivity contribution in [3.8, 4) is 5.75 Å². The molecule has 0 aliphatic carbocycles. The standard InChI is InChI=1S/C8H5BrF3NO3/c1-15-7(14)4-3-13-6(9)2-5(4)16-8(10,11)12/h2-3H,1H3. The molecule has 0 saturated carbocycles. The number of alkyl halides is 3. The molecule has 0 N–H and O–H groups in total. The number of methoxy groups -OCH3 is 1. The molecular weight excluding hydrogens is 295 g/mol. The van der Waals surface area contributed by atoms with E-state index in [1.54, 1.807) is 0 Å². The minimum Gasteiger partial charge on any atom is -0.465 e. The van der Waals surface area contributed by atoms with Gasteiger partial charge in [0.2, 0.25) is 0 Å². The SMILES string of the molecule is COC(=O)c1cnc(Br)cc1OC(F)(F)F. The molecule has 1 rings (SSSR count). The van der Waals surface area contributed by atoms with E-state index in [0.29, 0.717) is 0 Å². The van der Waals surface area contributed by atoms with E-state index in [1.807, 2.05) is 0 Å². The first-order valence-corrected chi connectivity index (χ1v) is 4.62. The maximum absolute atomic E-state index is 12.0. The normalized spacial score (nSPS) is 11.1. The molecule has 4 nitrogen and oxygen atoms in total. The summed E-state index contributed by atoms with van der Waals surface area (Å²) < 4.78 is 44.1. The van der Waals surface area contributed by atoms with Crippen LogP contribution in [0.1, 0.15) is 10.4 Å². The fourth-order valence-corrected chi connectivity index (χ4v) is 1.20. The molecule has 16 heavy (non-hydrogen) atoms. The Bertz CT molecular complexity index is 408. The van der Waals surface area contributed by atoms with Gasteiger partial charge >= 0.3 is 12.3 Å². The number of carbonyl (C=O) groups excluding carboxylic acids is 1. The first-order chi connectivity index (χ1) is 7.33. The molecule has 0 radical (unpaired) electrons. The van der Waals surface area contributed by atoms with Crippen LogP contribution in [0.4, 0.5) is 13.2 Å². The van der Waals surface area contributed by atoms with Crippen LogP contribution in [-0.4, -0.2) is 24.4 Å². The Labute approximate surface area is 96.5 Å². The van der Waals surface area contributed by atoms with E-state index in [0.717, 1.165) is 19.4 Å². The van der Waals surface area contributed by atoms with E-state index in [4.69, 9.17) is 0 Å². The second-order valence-corrected chi connectivity index (χ2v) is 3.36. The molecular formula is C8H5BrF3NO3. The highest BCUT2D eigenvalue weighted by molar-refractivity contribution is 9.10. The summed E-state index contributed by atoms with van der Waals surface area (Å²) in [4.78, 5) is 14.7. The van der Waals surface area contributed by atoms with Crippen LogP contribution in [0.3, 0.4) is 0 Å². The van der Waals surface area contributed by atoms with Crippen LogP contribution in [0.15, 0.2) is 16.9 Å². The molecule has 0 spiro atoms. The van der Waals surface area contributed by atoms with Crippen molar-refractivity contribution in [1.82, 2.24) is 4.98 Å². The van der Waals surface area contributed by atoms with E-state index < -0.39 is 23.6 Å². The van der Waals surface area contributed by atoms with Crippen LogP contribution < -0.4 is 4.74 Å². The zero-order valence-electron chi connectivity index (χ0n) is 7.84. The molecule has 1 heterocycles. The predicted octanol–water partition coefficient (Wildman–Crippen LogP) is 2.53. The maximum Gasteiger partial charge on any atom is 0.573 e. The van der Waals surface area contributed by atoms with Crippen LogP contribution in [0.25, 0.3) is 0 Å². The summed E-state index contributed by atoms with van der Waals surface area (Å²) in [5, 5.41) is 0. The van der Waals surface area contributed by atoms with Gasteiger partial charge in [-0.1, -0.05) is 0 Å². The summed E-state index contributed by atoms with van der Waals surface area (Å²) in [6, 6.07) is 0.930. The zero-order chi connectivity index (χ0) is 12.3. The summed E-state index contributed by atoms with van der Waals surface area (Å²) >= 11 is 2.86. The van der Waals surface area contributed by atoms with Gasteiger partial charge in [0.1, 0.15) is 15.9 Å². The second-order valence-electron chi connectivity index (χ2n) is 2.54. The number of carbonyl (C=O) groups is 1. The summed E-state index contributed by atoms with van der Waals surface area (Å²) in [5.74, 6) is -1.62. The second kappa shape index (κ2) is 4.69. The highest BCUT2D eigenvalue weighted by Crippen LogP contribution is 2.28. The molecule has 0 saturated heterocycles. The third-order valence-corrected chi connectivity index (χ3v) is 1.90. The van der Waals surface area contributed by atoms with E-state index in [1.165, 1.54) is 0 Å². The van der Waals surface area contributed by atoms with Gasteiger partial charge in [-0.25, -0.2) is 9.78 Å². The molecule has 1 aromatic rings. The highest BCUT2D eigenvalue weighted by Gasteiger charge is 2.33. The van der Waals surface area contributed by atoms with Crippen molar-refractivity contribution < 1.29 is 27.4 Å². The van der Waals surface area contributed by atoms with Crippen LogP contribution in [-0.2, 0) is 4.74 Å². The lowest BCUT2D eigenvalue weighted by Gasteiger charge is -2.11. The lowest BCUT2D eigenvalue weighted by molar-refractivity contribution is -0.274. The Balaban J connectivity index is 3.13. The Morgan fingerprint density at radius 2 is 2.12 bits per heavy atom. The fourth-order valence-electron chi connectivity index (χ4n) is 0.885. The molecule has 0 bridgehead atoms. The van der Waals surface area contributed by atoms with Gasteiger partial charge in [-0.15, -0.1) is 13.2 Å². The average molecular weight is 300 g/mol. The third kappa shape index (κ3) is 3.37. The molecule has 0 amide bonds. The average Bonchev–Trinajstić information content (AvgIpc) is 2.14. The Morgan fingerprint density at radius 1 is 1.50 bits per heavy atom. The smallest absolute Gasteiger partial charge is 0.465 e. The third-order valence-electron chi connectivity index (χ3n) is 1.46. The van der Waals surface area contributed by atoms with Crippen molar-refractivity contribution in [1.29, 1.82) is 0 Å². The van der Waals surface area contributed by atoms with Gasteiger partial charge < -0.3 is 9.47 Å². The van der Waals surface area contributed by atoms with Crippen molar-refractivity contribution in [3.63, 3.8) is 0 Å². The molecule has 88 valence electrons. The first kappa shape index (κ1) is 12.8. The minimum absolute atomic E-state index is 0.111. The lowest BCUT2D eigenvalue weighted by Crippen LogP contribution is -2.19. The monoisotopic (exact) mass is 299 g/mol. The van der Waals surface area contributed by atoms with Gasteiger partial charge in [0.05, 0.1) is 7.11 Å². The number of esters is 1. The quantitative estimate of drug-likeness (QED) is 0.622. The topological polar surface area (TPSA) is 48.4 Å². The van der Waals surface area contributed by atoms with E-state index in [-0.39, 0.29) is 4.60 Å². The number of nitrogens with zero attached hydrogens (tertiary/aromatic N) is 1. The molecule has 0 fully saturated rings. The zero-order valence-corrected chi connectivity index (χ0v) is 9.42. The molecule has 0 unspecified atom stereocenters. The van der Waals surface area contributed by atoms with Crippen LogP contribution >= 0.6 is 15.9 Å². The number of rotatable bonds is 2. The van der Waals surface area contributed by atoms with Gasteiger partial charge in [-0.3, -0.25) is 0 Å². The van der Waals surface area contributed by atoms with Gasteiger partial charge in [-0.2, -0.15) is 0 Å². The number of ether oxygens (including phenoxy) is 2. The van der Waals surface area contributed by atoms with Crippen molar-refractivity contribution in [2.75, 3.05) is 7.11 Å². The van der Waals surface area contributed by atoms with Gasteiger partial charge in [0.25, 0.3) is 0 Å². The molecule has 8 heteroatoms. The summed E-state index contributed by atoms with van der Waals surface area (Å²) in [6.07, 6.45) is -3.96. The molecule has 0 aliphatic rings. The lowest BCUT2D eigenvalue weighted by atomic mass is 10.2. The summed E-state index contributed by atoms with van der Waals surface area (Å²) in [6.45, 7) is 0. The number of hydrogen-bond donors (Lipinski definition) is 0. The Kier molecular flexibility index (Phi) is 3.74. The minimum atomic E-state index is -4.89. The Morgan fingerprint density at radius 3 is 2.62 bits per heavy atom. The van der Waals surface area contributed by atoms with Crippen LogP contribution in [0.2, 0.25) is 0 Å². The van der Waals surface area contributed by atoms with Crippen LogP contribution in [0, 0.1) is 0 Å². The van der Waals surface area contributed by atoms with Gasteiger partial charge in [-0.05, 0) is 15.9 Å². The van der Waals surface area contributed by atoms with Crippen molar-refractivity contribution in [3.05, 3.63) is 22.4 Å². The van der Waals surface area contributed by atoms with E-state index in [2.05, 4.69) is 30.4 Å². The number of hydrogen-bond acceptors (Lipinski definition) is 4. The number of aromatic nitrogens is 1. The van der Waals surface area contributed by atoms with Gasteiger partial charge in [0, 0.05) is 12.3 Å². The summed E-state index contributed by atoms with van der Waals surface area (Å²) in [5.41, 5.74) is -0.400. The molecule has 0 aliphatic heterocycles. The largest absolute Gasteiger partial charge is 0.573 e. The maximum atomic E-state index is 12.0. The molecule has 1 aromatic heterocycles. The fraction of sp³-hybridized carbons (Fsp3) is 0.250. The first-order valence-electron chi connectivity index (χ1n) is 3.83. The van der Waals surface area contributed by atoms with Crippen molar-refractivity contribution in [2.24, 2.45) is 0 Å². The van der Waals surface area contributed by atoms with Crippen molar-refractivity contribution in [2.45, 2.75) is 6.36 Å². The van der Waals surface area contributed by atoms with E-state index >= 15 is 0 Å². The predicted molar refractivity (Wildman–Crippen MR) is 50.0 cm³/mol. The Hall–Kier alpha value is -1.31. The molecule has 0 aromatic carbocycles. The van der Waals surface area contributed by atoms with E-state index in [9.17, 15) is 18.0 Å². The van der Waals surface area contributed by atoms with Crippen LogP contribution in [0.5, 0.6) is 5.75 Å². The molecule has 0 atom stereocenters. The summed E-state index contributed by atoms with van der Waals surface area (Å²) in [7, 11) is 1.04. The number of pyridine rings is 1.